The fraction of sp³-hybridized carbons (Fsp3) is 0.450. The number of fused-ring (bicyclic) bond motifs is 1. The molecule has 1 amide bonds. The SMILES string of the molecule is Cc1[nH][n+](C)c(C)c1-c1nc(C(=O)NC2(CO)CCOCC2)n2ccccc12. The minimum absolute atomic E-state index is 0.121. The van der Waals surface area contributed by atoms with Gasteiger partial charge >= 0.3 is 0 Å². The summed E-state index contributed by atoms with van der Waals surface area (Å²) < 4.78 is 9.14. The third-order valence-electron chi connectivity index (χ3n) is 5.69. The number of imidazole rings is 1. The van der Waals surface area contributed by atoms with Crippen LogP contribution in [0.2, 0.25) is 0 Å². The molecular formula is C20H26N5O3+. The first kappa shape index (κ1) is 18.6. The molecule has 1 fully saturated rings. The second-order valence-corrected chi connectivity index (χ2v) is 7.50. The molecule has 0 atom stereocenters. The third kappa shape index (κ3) is 2.98. The molecule has 1 aliphatic heterocycles. The fourth-order valence-corrected chi connectivity index (χ4v) is 3.94. The van der Waals surface area contributed by atoms with E-state index >= 15 is 0 Å². The Morgan fingerprint density at radius 3 is 2.79 bits per heavy atom. The molecule has 28 heavy (non-hydrogen) atoms. The first-order valence-corrected chi connectivity index (χ1v) is 9.49. The Hall–Kier alpha value is -2.71. The smallest absolute Gasteiger partial charge is 0.288 e. The molecule has 0 bridgehead atoms. The van der Waals surface area contributed by atoms with Gasteiger partial charge in [-0.05, 0) is 31.9 Å². The molecule has 0 radical (unpaired) electrons. The third-order valence-corrected chi connectivity index (χ3v) is 5.69. The van der Waals surface area contributed by atoms with Gasteiger partial charge in [-0.25, -0.2) is 4.98 Å². The minimum atomic E-state index is -0.664. The standard InChI is InChI=1S/C20H25N5O3/c1-13-16(14(2)24(3)23-13)17-15-6-4-5-9-25(15)18(21-17)19(27)22-20(12-26)7-10-28-11-8-20/h4-6,9,26H,7-8,10-12H2,1-3H3,(H,22,27)/p+1. The number of amides is 1. The van der Waals surface area contributed by atoms with Crippen molar-refractivity contribution in [2.24, 2.45) is 7.05 Å². The average Bonchev–Trinajstić information content (AvgIpc) is 3.19. The number of aliphatic hydroxyl groups excluding tert-OH is 1. The quantitative estimate of drug-likeness (QED) is 0.586. The Kier molecular flexibility index (Phi) is 4.68. The van der Waals surface area contributed by atoms with Crippen molar-refractivity contribution in [2.75, 3.05) is 19.8 Å². The van der Waals surface area contributed by atoms with E-state index < -0.39 is 5.54 Å². The first-order valence-electron chi connectivity index (χ1n) is 9.49. The molecule has 4 rings (SSSR count). The highest BCUT2D eigenvalue weighted by atomic mass is 16.5. The molecule has 1 aliphatic rings. The van der Waals surface area contributed by atoms with E-state index in [9.17, 15) is 9.90 Å². The summed E-state index contributed by atoms with van der Waals surface area (Å²) in [5.74, 6) is 0.0196. The minimum Gasteiger partial charge on any atom is -0.394 e. The van der Waals surface area contributed by atoms with E-state index in [0.29, 0.717) is 31.9 Å². The number of nitrogens with one attached hydrogen (secondary N) is 2. The lowest BCUT2D eigenvalue weighted by Gasteiger charge is -2.36. The summed E-state index contributed by atoms with van der Waals surface area (Å²) >= 11 is 0. The monoisotopic (exact) mass is 384 g/mol. The number of ether oxygens (including phenoxy) is 1. The van der Waals surface area contributed by atoms with Gasteiger partial charge < -0.3 is 15.2 Å². The summed E-state index contributed by atoms with van der Waals surface area (Å²) in [6.45, 7) is 4.94. The zero-order valence-electron chi connectivity index (χ0n) is 16.5. The van der Waals surface area contributed by atoms with E-state index in [1.165, 1.54) is 0 Å². The van der Waals surface area contributed by atoms with Crippen molar-refractivity contribution in [3.63, 3.8) is 0 Å². The Bertz CT molecular complexity index is 1030. The van der Waals surface area contributed by atoms with Crippen LogP contribution in [0.3, 0.4) is 0 Å². The molecular weight excluding hydrogens is 358 g/mol. The van der Waals surface area contributed by atoms with Gasteiger partial charge in [0.1, 0.15) is 5.69 Å². The van der Waals surface area contributed by atoms with Crippen LogP contribution in [0.4, 0.5) is 0 Å². The number of aliphatic hydroxyl groups is 1. The normalized spacial score (nSPS) is 16.4. The van der Waals surface area contributed by atoms with Crippen molar-refractivity contribution in [3.05, 3.63) is 41.6 Å². The Morgan fingerprint density at radius 2 is 2.14 bits per heavy atom. The molecule has 0 spiro atoms. The van der Waals surface area contributed by atoms with Crippen LogP contribution in [0.5, 0.6) is 0 Å². The fourth-order valence-electron chi connectivity index (χ4n) is 3.94. The molecule has 1 saturated heterocycles. The maximum atomic E-state index is 13.2. The summed E-state index contributed by atoms with van der Waals surface area (Å²) in [6.07, 6.45) is 3.00. The number of H-pyrrole nitrogens is 1. The Labute approximate surface area is 163 Å². The number of hydrogen-bond donors (Lipinski definition) is 3. The Balaban J connectivity index is 1.79. The second kappa shape index (κ2) is 7.03. The van der Waals surface area contributed by atoms with Crippen molar-refractivity contribution in [1.29, 1.82) is 0 Å². The highest BCUT2D eigenvalue weighted by molar-refractivity contribution is 5.95. The predicted molar refractivity (Wildman–Crippen MR) is 103 cm³/mol. The number of aryl methyl sites for hydroxylation is 2. The van der Waals surface area contributed by atoms with Gasteiger partial charge in [0.25, 0.3) is 5.91 Å². The molecule has 148 valence electrons. The molecule has 3 aromatic heterocycles. The molecule has 0 aromatic carbocycles. The largest absolute Gasteiger partial charge is 0.394 e. The van der Waals surface area contributed by atoms with Crippen molar-refractivity contribution in [3.8, 4) is 11.3 Å². The maximum absolute atomic E-state index is 13.2. The van der Waals surface area contributed by atoms with Crippen molar-refractivity contribution in [2.45, 2.75) is 32.2 Å². The number of rotatable bonds is 4. The zero-order chi connectivity index (χ0) is 19.9. The topological polar surface area (TPSA) is 95.5 Å². The van der Waals surface area contributed by atoms with E-state index in [4.69, 9.17) is 9.72 Å². The molecule has 4 heterocycles. The van der Waals surface area contributed by atoms with Gasteiger partial charge in [0.15, 0.2) is 7.05 Å². The molecule has 8 nitrogen and oxygen atoms in total. The van der Waals surface area contributed by atoms with Gasteiger partial charge in [-0.15, -0.1) is 4.68 Å². The van der Waals surface area contributed by atoms with Crippen molar-refractivity contribution in [1.82, 2.24) is 19.8 Å². The lowest BCUT2D eigenvalue weighted by Crippen LogP contribution is -2.54. The number of carbonyl (C=O) groups excluding carboxylic acids is 1. The highest BCUT2D eigenvalue weighted by Crippen LogP contribution is 2.29. The van der Waals surface area contributed by atoms with Crippen LogP contribution >= 0.6 is 0 Å². The van der Waals surface area contributed by atoms with E-state index in [0.717, 1.165) is 28.2 Å². The van der Waals surface area contributed by atoms with Gasteiger partial charge in [0, 0.05) is 26.3 Å². The van der Waals surface area contributed by atoms with Gasteiger partial charge in [-0.1, -0.05) is 6.07 Å². The predicted octanol–water partition coefficient (Wildman–Crippen LogP) is 1.04. The van der Waals surface area contributed by atoms with E-state index in [2.05, 4.69) is 10.4 Å². The molecule has 8 heteroatoms. The number of carbonyl (C=O) groups is 1. The average molecular weight is 384 g/mol. The number of aromatic nitrogens is 4. The van der Waals surface area contributed by atoms with Gasteiger partial charge in [0.05, 0.1) is 28.9 Å². The van der Waals surface area contributed by atoms with Crippen molar-refractivity contribution >= 4 is 11.4 Å². The van der Waals surface area contributed by atoms with E-state index in [1.807, 2.05) is 50.0 Å². The summed E-state index contributed by atoms with van der Waals surface area (Å²) in [6, 6.07) is 5.77. The van der Waals surface area contributed by atoms with Crippen LogP contribution in [0, 0.1) is 13.8 Å². The molecule has 3 N–H and O–H groups in total. The Morgan fingerprint density at radius 1 is 1.39 bits per heavy atom. The lowest BCUT2D eigenvalue weighted by molar-refractivity contribution is -0.732. The summed E-state index contributed by atoms with van der Waals surface area (Å²) in [4.78, 5) is 17.9. The van der Waals surface area contributed by atoms with Gasteiger partial charge in [-0.2, -0.15) is 5.10 Å². The van der Waals surface area contributed by atoms with Gasteiger partial charge in [-0.3, -0.25) is 9.20 Å². The summed E-state index contributed by atoms with van der Waals surface area (Å²) in [5, 5.41) is 16.2. The van der Waals surface area contributed by atoms with Crippen LogP contribution in [0.15, 0.2) is 24.4 Å². The first-order chi connectivity index (χ1) is 13.5. The maximum Gasteiger partial charge on any atom is 0.288 e. The number of nitrogens with zero attached hydrogens (tertiary/aromatic N) is 3. The van der Waals surface area contributed by atoms with Crippen molar-refractivity contribution < 1.29 is 19.3 Å². The lowest BCUT2D eigenvalue weighted by atomic mass is 9.91. The van der Waals surface area contributed by atoms with Crippen LogP contribution in [0.1, 0.15) is 34.8 Å². The van der Waals surface area contributed by atoms with Crippen LogP contribution in [-0.4, -0.2) is 50.9 Å². The summed E-state index contributed by atoms with van der Waals surface area (Å²) in [7, 11) is 1.95. The zero-order valence-corrected chi connectivity index (χ0v) is 16.5. The van der Waals surface area contributed by atoms with Gasteiger partial charge in [0.2, 0.25) is 11.5 Å². The second-order valence-electron chi connectivity index (χ2n) is 7.50. The molecule has 0 unspecified atom stereocenters. The highest BCUT2D eigenvalue weighted by Gasteiger charge is 2.35. The van der Waals surface area contributed by atoms with Crippen LogP contribution in [0.25, 0.3) is 16.8 Å². The molecule has 3 aromatic rings. The number of hydrogen-bond acceptors (Lipinski definition) is 4. The van der Waals surface area contributed by atoms with E-state index in [1.54, 1.807) is 4.40 Å². The van der Waals surface area contributed by atoms with Crippen LogP contribution in [-0.2, 0) is 11.8 Å². The van der Waals surface area contributed by atoms with Crippen LogP contribution < -0.4 is 10.00 Å². The van der Waals surface area contributed by atoms with E-state index in [-0.39, 0.29) is 12.5 Å². The number of aromatic amines is 1. The summed E-state index contributed by atoms with van der Waals surface area (Å²) in [5.41, 5.74) is 4.00. The molecule has 0 saturated carbocycles. The molecule has 0 aliphatic carbocycles. The number of pyridine rings is 1.